The highest BCUT2D eigenvalue weighted by atomic mass is 16.5. The normalized spacial score (nSPS) is 14.5. The summed E-state index contributed by atoms with van der Waals surface area (Å²) in [6, 6.07) is 13.7. The average Bonchev–Trinajstić information content (AvgIpc) is 3.35. The largest absolute Gasteiger partial charge is 0.493 e. The Balaban J connectivity index is 1.28. The van der Waals surface area contributed by atoms with Gasteiger partial charge >= 0.3 is 0 Å². The van der Waals surface area contributed by atoms with Crippen LogP contribution in [-0.2, 0) is 11.3 Å². The summed E-state index contributed by atoms with van der Waals surface area (Å²) < 4.78 is 16.7. The minimum absolute atomic E-state index is 0.00613. The van der Waals surface area contributed by atoms with E-state index in [1.165, 1.54) is 0 Å². The first kappa shape index (κ1) is 25.4. The number of aryl methyl sites for hydroxylation is 1. The van der Waals surface area contributed by atoms with Crippen molar-refractivity contribution in [1.82, 2.24) is 19.9 Å². The van der Waals surface area contributed by atoms with Crippen LogP contribution in [0, 0.1) is 12.8 Å². The Bertz CT molecular complexity index is 1200. The lowest BCUT2D eigenvalue weighted by atomic mass is 10.1. The van der Waals surface area contributed by atoms with Gasteiger partial charge in [0, 0.05) is 37.8 Å². The Morgan fingerprint density at radius 1 is 1.11 bits per heavy atom. The quantitative estimate of drug-likeness (QED) is 0.410. The van der Waals surface area contributed by atoms with E-state index in [4.69, 9.17) is 14.0 Å². The average molecular weight is 491 g/mol. The van der Waals surface area contributed by atoms with Gasteiger partial charge in [-0.3, -0.25) is 9.69 Å². The molecule has 0 N–H and O–H groups in total. The molecule has 0 spiro atoms. The van der Waals surface area contributed by atoms with Crippen LogP contribution < -0.4 is 9.47 Å². The maximum atomic E-state index is 12.8. The van der Waals surface area contributed by atoms with Crippen molar-refractivity contribution in [2.24, 2.45) is 5.92 Å². The summed E-state index contributed by atoms with van der Waals surface area (Å²) in [5.74, 6) is 2.98. The molecule has 1 aromatic heterocycles. The van der Waals surface area contributed by atoms with Gasteiger partial charge in [0.2, 0.25) is 17.6 Å². The van der Waals surface area contributed by atoms with Crippen molar-refractivity contribution in [3.05, 3.63) is 65.6 Å². The molecule has 1 aliphatic rings. The molecule has 1 amide bonds. The van der Waals surface area contributed by atoms with E-state index in [0.29, 0.717) is 55.4 Å². The zero-order valence-corrected chi connectivity index (χ0v) is 21.4. The van der Waals surface area contributed by atoms with Gasteiger partial charge < -0.3 is 18.9 Å². The highest BCUT2D eigenvalue weighted by Gasteiger charge is 2.22. The van der Waals surface area contributed by atoms with Gasteiger partial charge in [-0.25, -0.2) is 0 Å². The van der Waals surface area contributed by atoms with Crippen LogP contribution in [0.3, 0.4) is 0 Å². The summed E-state index contributed by atoms with van der Waals surface area (Å²) in [6.45, 7) is 10.2. The van der Waals surface area contributed by atoms with E-state index in [-0.39, 0.29) is 5.91 Å². The molecule has 0 unspecified atom stereocenters. The number of hydrogen-bond donors (Lipinski definition) is 0. The second-order valence-electron chi connectivity index (χ2n) is 9.38. The number of hydrogen-bond acceptors (Lipinski definition) is 7. The minimum Gasteiger partial charge on any atom is -0.493 e. The molecule has 4 rings (SSSR count). The van der Waals surface area contributed by atoms with Gasteiger partial charge in [0.1, 0.15) is 0 Å². The number of nitrogens with zero attached hydrogens (tertiary/aromatic N) is 4. The number of aromatic nitrogens is 2. The van der Waals surface area contributed by atoms with Gasteiger partial charge in [-0.05, 0) is 42.2 Å². The Morgan fingerprint density at radius 2 is 1.89 bits per heavy atom. The number of benzene rings is 2. The van der Waals surface area contributed by atoms with Crippen LogP contribution in [0.25, 0.3) is 17.5 Å². The van der Waals surface area contributed by atoms with Gasteiger partial charge in [-0.2, -0.15) is 4.98 Å². The predicted octanol–water partition coefficient (Wildman–Crippen LogP) is 4.45. The Labute approximate surface area is 212 Å². The summed E-state index contributed by atoms with van der Waals surface area (Å²) in [5, 5.41) is 4.14. The lowest BCUT2D eigenvalue weighted by Gasteiger charge is -2.33. The van der Waals surface area contributed by atoms with Crippen LogP contribution in [0.4, 0.5) is 0 Å². The number of rotatable bonds is 9. The number of carbonyl (C=O) groups excluding carboxylic acids is 1. The van der Waals surface area contributed by atoms with Crippen molar-refractivity contribution in [3.8, 4) is 22.9 Å². The highest BCUT2D eigenvalue weighted by Crippen LogP contribution is 2.29. The third-order valence-electron chi connectivity index (χ3n) is 6.08. The number of amides is 1. The summed E-state index contributed by atoms with van der Waals surface area (Å²) in [7, 11) is 1.62. The summed E-state index contributed by atoms with van der Waals surface area (Å²) in [5.41, 5.74) is 2.97. The molecule has 2 aromatic carbocycles. The second-order valence-corrected chi connectivity index (χ2v) is 9.38. The van der Waals surface area contributed by atoms with Crippen LogP contribution in [0.1, 0.15) is 30.9 Å². The lowest BCUT2D eigenvalue weighted by Crippen LogP contribution is -2.47. The maximum Gasteiger partial charge on any atom is 0.246 e. The molecule has 1 saturated heterocycles. The van der Waals surface area contributed by atoms with Crippen molar-refractivity contribution in [1.29, 1.82) is 0 Å². The topological polar surface area (TPSA) is 80.9 Å². The van der Waals surface area contributed by atoms with Gasteiger partial charge in [-0.1, -0.05) is 49.3 Å². The van der Waals surface area contributed by atoms with E-state index in [2.05, 4.69) is 28.9 Å². The van der Waals surface area contributed by atoms with Crippen LogP contribution in [0.15, 0.2) is 53.1 Å². The molecule has 0 radical (unpaired) electrons. The smallest absolute Gasteiger partial charge is 0.246 e. The molecule has 1 fully saturated rings. The van der Waals surface area contributed by atoms with Crippen molar-refractivity contribution in [2.75, 3.05) is 39.9 Å². The second kappa shape index (κ2) is 11.9. The summed E-state index contributed by atoms with van der Waals surface area (Å²) >= 11 is 0. The molecule has 8 heteroatoms. The third-order valence-corrected chi connectivity index (χ3v) is 6.08. The van der Waals surface area contributed by atoms with Gasteiger partial charge in [0.15, 0.2) is 11.5 Å². The molecular weight excluding hydrogens is 456 g/mol. The Hall–Kier alpha value is -3.65. The fourth-order valence-electron chi connectivity index (χ4n) is 4.01. The Morgan fingerprint density at radius 3 is 2.61 bits per heavy atom. The van der Waals surface area contributed by atoms with Crippen LogP contribution in [0.2, 0.25) is 0 Å². The van der Waals surface area contributed by atoms with Gasteiger partial charge in [0.25, 0.3) is 0 Å². The van der Waals surface area contributed by atoms with Gasteiger partial charge in [-0.15, -0.1) is 0 Å². The molecule has 36 heavy (non-hydrogen) atoms. The number of ether oxygens (including phenoxy) is 2. The molecule has 2 heterocycles. The summed E-state index contributed by atoms with van der Waals surface area (Å²) in [6.07, 6.45) is 3.43. The monoisotopic (exact) mass is 490 g/mol. The molecule has 0 bridgehead atoms. The molecular formula is C28H34N4O4. The van der Waals surface area contributed by atoms with E-state index in [1.54, 1.807) is 13.2 Å². The minimum atomic E-state index is -0.00613. The number of carbonyl (C=O) groups is 1. The van der Waals surface area contributed by atoms with Gasteiger partial charge in [0.05, 0.1) is 20.3 Å². The van der Waals surface area contributed by atoms with Crippen molar-refractivity contribution in [2.45, 2.75) is 27.3 Å². The molecule has 0 aliphatic carbocycles. The first-order chi connectivity index (χ1) is 17.4. The third kappa shape index (κ3) is 6.51. The van der Waals surface area contributed by atoms with E-state index in [9.17, 15) is 4.79 Å². The van der Waals surface area contributed by atoms with E-state index < -0.39 is 0 Å². The van der Waals surface area contributed by atoms with Crippen LogP contribution in [-0.4, -0.2) is 65.7 Å². The lowest BCUT2D eigenvalue weighted by molar-refractivity contribution is -0.127. The Kier molecular flexibility index (Phi) is 8.38. The van der Waals surface area contributed by atoms with E-state index >= 15 is 0 Å². The summed E-state index contributed by atoms with van der Waals surface area (Å²) in [4.78, 5) is 21.4. The highest BCUT2D eigenvalue weighted by molar-refractivity contribution is 5.92. The van der Waals surface area contributed by atoms with E-state index in [1.807, 2.05) is 60.4 Å². The molecule has 0 atom stereocenters. The fourth-order valence-corrected chi connectivity index (χ4v) is 4.01. The zero-order chi connectivity index (χ0) is 25.5. The molecule has 0 saturated carbocycles. The molecule has 3 aromatic rings. The number of methoxy groups -OCH3 is 1. The molecule has 1 aliphatic heterocycles. The van der Waals surface area contributed by atoms with E-state index in [0.717, 1.165) is 29.8 Å². The van der Waals surface area contributed by atoms with Crippen molar-refractivity contribution < 1.29 is 18.8 Å². The zero-order valence-electron chi connectivity index (χ0n) is 21.4. The molecule has 190 valence electrons. The standard InChI is InChI=1S/C28H34N4O4/c1-20(2)19-35-24-11-9-22(17-25(24)34-4)10-12-27(33)32-15-13-31(14-16-32)18-26-29-28(30-36-26)23-8-6-5-7-21(23)3/h5-12,17,20H,13-16,18-19H2,1-4H3/b12-10+. The first-order valence-electron chi connectivity index (χ1n) is 12.3. The fraction of sp³-hybridized carbons (Fsp3) is 0.393. The van der Waals surface area contributed by atoms with Crippen molar-refractivity contribution in [3.63, 3.8) is 0 Å². The molecule has 8 nitrogen and oxygen atoms in total. The predicted molar refractivity (Wildman–Crippen MR) is 139 cm³/mol. The van der Waals surface area contributed by atoms with Crippen LogP contribution >= 0.6 is 0 Å². The first-order valence-corrected chi connectivity index (χ1v) is 12.3. The number of piperazine rings is 1. The SMILES string of the molecule is COc1cc(/C=C/C(=O)N2CCN(Cc3nc(-c4ccccc4C)no3)CC2)ccc1OCC(C)C. The van der Waals surface area contributed by atoms with Crippen molar-refractivity contribution >= 4 is 12.0 Å². The van der Waals surface area contributed by atoms with Crippen LogP contribution in [0.5, 0.6) is 11.5 Å². The maximum absolute atomic E-state index is 12.8.